The molecule has 5 nitrogen and oxygen atoms in total. The zero-order valence-electron chi connectivity index (χ0n) is 11.7. The zero-order valence-corrected chi connectivity index (χ0v) is 12.5. The third-order valence-electron chi connectivity index (χ3n) is 3.05. The number of nitrogens with zero attached hydrogens (tertiary/aromatic N) is 1. The van der Waals surface area contributed by atoms with Gasteiger partial charge in [0.1, 0.15) is 0 Å². The molecule has 0 aliphatic carbocycles. The van der Waals surface area contributed by atoms with E-state index in [1.807, 2.05) is 36.4 Å². The highest BCUT2D eigenvalue weighted by Gasteiger charge is 2.14. The van der Waals surface area contributed by atoms with Gasteiger partial charge in [0.15, 0.2) is 0 Å². The summed E-state index contributed by atoms with van der Waals surface area (Å²) in [6.45, 7) is 0. The third kappa shape index (κ3) is 3.53. The van der Waals surface area contributed by atoms with E-state index in [1.165, 1.54) is 6.08 Å². The van der Waals surface area contributed by atoms with Crippen LogP contribution in [0.4, 0.5) is 0 Å². The highest BCUT2D eigenvalue weighted by molar-refractivity contribution is 8.03. The van der Waals surface area contributed by atoms with Gasteiger partial charge >= 0.3 is 5.97 Å². The number of hydrogen-bond donors (Lipinski definition) is 1. The number of fused-ring (bicyclic) bond motifs is 1. The predicted molar refractivity (Wildman–Crippen MR) is 88.2 cm³/mol. The standard InChI is InChI=1S/C16H13NO4S/c1-22-15(16(18)19)10-13(17(20)21)9-12-7-4-6-11-5-2-3-8-14(11)12/h2-10H,1H3,(H,18,19)/b13-9+,15-10-. The van der Waals surface area contributed by atoms with Gasteiger partial charge in [0.05, 0.1) is 9.83 Å². The smallest absolute Gasteiger partial charge is 0.342 e. The van der Waals surface area contributed by atoms with Gasteiger partial charge in [-0.1, -0.05) is 42.5 Å². The first-order chi connectivity index (χ1) is 10.5. The molecule has 2 aromatic carbocycles. The number of thioether (sulfide) groups is 1. The van der Waals surface area contributed by atoms with Crippen molar-refractivity contribution in [2.75, 3.05) is 6.26 Å². The first kappa shape index (κ1) is 15.8. The molecule has 22 heavy (non-hydrogen) atoms. The minimum absolute atomic E-state index is 0.0804. The van der Waals surface area contributed by atoms with Crippen molar-refractivity contribution in [3.63, 3.8) is 0 Å². The van der Waals surface area contributed by atoms with Crippen molar-refractivity contribution in [2.24, 2.45) is 0 Å². The van der Waals surface area contributed by atoms with Gasteiger partial charge in [-0.05, 0) is 22.6 Å². The number of aliphatic carboxylic acids is 1. The van der Waals surface area contributed by atoms with E-state index in [0.29, 0.717) is 5.56 Å². The summed E-state index contributed by atoms with van der Waals surface area (Å²) in [6.07, 6.45) is 4.03. The third-order valence-corrected chi connectivity index (χ3v) is 3.78. The minimum Gasteiger partial charge on any atom is -0.477 e. The number of benzene rings is 2. The molecule has 0 aliphatic heterocycles. The van der Waals surface area contributed by atoms with Crippen molar-refractivity contribution in [2.45, 2.75) is 0 Å². The Morgan fingerprint density at radius 3 is 2.55 bits per heavy atom. The number of allylic oxidation sites excluding steroid dienone is 1. The molecule has 0 atom stereocenters. The van der Waals surface area contributed by atoms with Crippen LogP contribution in [0, 0.1) is 10.1 Å². The van der Waals surface area contributed by atoms with Gasteiger partial charge in [-0.15, -0.1) is 11.8 Å². The van der Waals surface area contributed by atoms with Crippen molar-refractivity contribution in [3.8, 4) is 0 Å². The molecule has 1 N–H and O–H groups in total. The maximum Gasteiger partial charge on any atom is 0.342 e. The Hall–Kier alpha value is -2.60. The van der Waals surface area contributed by atoms with Crippen LogP contribution < -0.4 is 0 Å². The molecule has 0 amide bonds. The summed E-state index contributed by atoms with van der Waals surface area (Å²) >= 11 is 0.954. The lowest BCUT2D eigenvalue weighted by Crippen LogP contribution is -2.01. The lowest BCUT2D eigenvalue weighted by atomic mass is 10.0. The normalized spacial score (nSPS) is 12.4. The van der Waals surface area contributed by atoms with Crippen molar-refractivity contribution in [1.29, 1.82) is 0 Å². The van der Waals surface area contributed by atoms with Gasteiger partial charge in [0, 0.05) is 12.2 Å². The van der Waals surface area contributed by atoms with E-state index in [9.17, 15) is 14.9 Å². The van der Waals surface area contributed by atoms with Gasteiger partial charge in [0.2, 0.25) is 0 Å². The molecular formula is C16H13NO4S. The van der Waals surface area contributed by atoms with E-state index in [0.717, 1.165) is 28.6 Å². The van der Waals surface area contributed by atoms with Gasteiger partial charge in [-0.2, -0.15) is 0 Å². The molecule has 112 valence electrons. The summed E-state index contributed by atoms with van der Waals surface area (Å²) in [5.41, 5.74) is 0.412. The van der Waals surface area contributed by atoms with Crippen LogP contribution in [0.5, 0.6) is 0 Å². The highest BCUT2D eigenvalue weighted by Crippen LogP contribution is 2.23. The summed E-state index contributed by atoms with van der Waals surface area (Å²) in [4.78, 5) is 21.6. The van der Waals surface area contributed by atoms with Crippen LogP contribution in [0.3, 0.4) is 0 Å². The molecule has 0 spiro atoms. The Labute approximate surface area is 131 Å². The Morgan fingerprint density at radius 1 is 1.23 bits per heavy atom. The number of hydrogen-bond acceptors (Lipinski definition) is 4. The number of rotatable bonds is 5. The van der Waals surface area contributed by atoms with Crippen LogP contribution in [0.25, 0.3) is 16.8 Å². The Morgan fingerprint density at radius 2 is 1.91 bits per heavy atom. The van der Waals surface area contributed by atoms with E-state index < -0.39 is 10.9 Å². The molecule has 0 bridgehead atoms. The van der Waals surface area contributed by atoms with Crippen LogP contribution in [-0.2, 0) is 4.79 Å². The lowest BCUT2D eigenvalue weighted by molar-refractivity contribution is -0.417. The number of carboxylic acids is 1. The number of carboxylic acid groups (broad SMARTS) is 1. The van der Waals surface area contributed by atoms with Crippen LogP contribution in [0.2, 0.25) is 0 Å². The molecule has 0 saturated carbocycles. The summed E-state index contributed by atoms with van der Waals surface area (Å²) in [7, 11) is 0. The van der Waals surface area contributed by atoms with Crippen molar-refractivity contribution in [3.05, 3.63) is 74.8 Å². The monoisotopic (exact) mass is 315 g/mol. The largest absolute Gasteiger partial charge is 0.477 e. The van der Waals surface area contributed by atoms with Crippen molar-refractivity contribution >= 4 is 34.6 Å². The summed E-state index contributed by atoms with van der Waals surface area (Å²) in [6, 6.07) is 13.0. The van der Waals surface area contributed by atoms with Gasteiger partial charge < -0.3 is 5.11 Å². The fourth-order valence-electron chi connectivity index (χ4n) is 2.03. The second-order valence-electron chi connectivity index (χ2n) is 4.41. The van der Waals surface area contributed by atoms with Crippen LogP contribution in [0.15, 0.2) is 59.1 Å². The molecule has 0 saturated heterocycles. The fraction of sp³-hybridized carbons (Fsp3) is 0.0625. The minimum atomic E-state index is -1.18. The SMILES string of the molecule is CS/C(=C\C(=C/c1cccc2ccccc12)[N+](=O)[O-])C(=O)O. The van der Waals surface area contributed by atoms with E-state index in [-0.39, 0.29) is 10.6 Å². The molecular weight excluding hydrogens is 302 g/mol. The van der Waals surface area contributed by atoms with E-state index in [2.05, 4.69) is 0 Å². The average molecular weight is 315 g/mol. The molecule has 0 unspecified atom stereocenters. The fourth-order valence-corrected chi connectivity index (χ4v) is 2.44. The molecule has 0 fully saturated rings. The van der Waals surface area contributed by atoms with Crippen LogP contribution >= 0.6 is 11.8 Å². The van der Waals surface area contributed by atoms with E-state index >= 15 is 0 Å². The first-order valence-corrected chi connectivity index (χ1v) is 7.58. The summed E-state index contributed by atoms with van der Waals surface area (Å²) in [5.74, 6) is -1.18. The topological polar surface area (TPSA) is 80.4 Å². The van der Waals surface area contributed by atoms with E-state index in [4.69, 9.17) is 5.11 Å². The highest BCUT2D eigenvalue weighted by atomic mass is 32.2. The van der Waals surface area contributed by atoms with Gasteiger partial charge in [-0.25, -0.2) is 4.79 Å². The van der Waals surface area contributed by atoms with Gasteiger partial charge in [0.25, 0.3) is 5.70 Å². The lowest BCUT2D eigenvalue weighted by Gasteiger charge is -2.02. The van der Waals surface area contributed by atoms with E-state index in [1.54, 1.807) is 12.3 Å². The molecule has 0 aliphatic rings. The molecule has 2 rings (SSSR count). The Balaban J connectivity index is 2.59. The second kappa shape index (κ2) is 6.91. The molecule has 0 heterocycles. The maximum absolute atomic E-state index is 11.2. The summed E-state index contributed by atoms with van der Waals surface area (Å²) in [5, 5.41) is 22.0. The van der Waals surface area contributed by atoms with Gasteiger partial charge in [-0.3, -0.25) is 10.1 Å². The quantitative estimate of drug-likeness (QED) is 0.393. The number of carbonyl (C=O) groups is 1. The zero-order chi connectivity index (χ0) is 16.1. The predicted octanol–water partition coefficient (Wildman–Crippen LogP) is 3.79. The first-order valence-electron chi connectivity index (χ1n) is 6.35. The van der Waals surface area contributed by atoms with Crippen LogP contribution in [0.1, 0.15) is 5.56 Å². The Kier molecular flexibility index (Phi) is 4.95. The maximum atomic E-state index is 11.2. The molecule has 0 aromatic heterocycles. The summed E-state index contributed by atoms with van der Waals surface area (Å²) < 4.78 is 0. The van der Waals surface area contributed by atoms with Crippen molar-refractivity contribution in [1.82, 2.24) is 0 Å². The average Bonchev–Trinajstić information content (AvgIpc) is 2.50. The second-order valence-corrected chi connectivity index (χ2v) is 5.26. The molecule has 0 radical (unpaired) electrons. The van der Waals surface area contributed by atoms with Crippen molar-refractivity contribution < 1.29 is 14.8 Å². The van der Waals surface area contributed by atoms with Crippen LogP contribution in [-0.4, -0.2) is 22.3 Å². The Bertz CT molecular complexity index is 790. The molecule has 6 heteroatoms. The number of nitro groups is 1. The molecule has 2 aromatic rings.